The lowest BCUT2D eigenvalue weighted by molar-refractivity contribution is -0.126. The van der Waals surface area contributed by atoms with Gasteiger partial charge in [0.1, 0.15) is 0 Å². The fraction of sp³-hybridized carbons (Fsp3) is 0.562. The van der Waals surface area contributed by atoms with E-state index < -0.39 is 10.0 Å². The summed E-state index contributed by atoms with van der Waals surface area (Å²) in [5, 5.41) is 3.01. The van der Waals surface area contributed by atoms with Crippen LogP contribution in [0.15, 0.2) is 33.6 Å². The van der Waals surface area contributed by atoms with Gasteiger partial charge in [-0.25, -0.2) is 8.42 Å². The number of benzene rings is 1. The van der Waals surface area contributed by atoms with Crippen molar-refractivity contribution < 1.29 is 13.2 Å². The quantitative estimate of drug-likeness (QED) is 0.789. The summed E-state index contributed by atoms with van der Waals surface area (Å²) in [5.74, 6) is 0.0413. The van der Waals surface area contributed by atoms with Crippen molar-refractivity contribution in [2.24, 2.45) is 0 Å². The molecule has 3 rings (SSSR count). The molecule has 0 bridgehead atoms. The van der Waals surface area contributed by atoms with E-state index in [1.54, 1.807) is 24.3 Å². The predicted molar refractivity (Wildman–Crippen MR) is 95.1 cm³/mol. The van der Waals surface area contributed by atoms with Crippen LogP contribution in [-0.2, 0) is 14.8 Å². The highest BCUT2D eigenvalue weighted by Crippen LogP contribution is 2.26. The molecule has 2 fully saturated rings. The molecule has 1 aliphatic carbocycles. The first-order valence-corrected chi connectivity index (χ1v) is 10.4. The fourth-order valence-electron chi connectivity index (χ4n) is 2.84. The number of sulfonamides is 1. The molecule has 8 heteroatoms. The van der Waals surface area contributed by atoms with Gasteiger partial charge in [-0.05, 0) is 47.8 Å². The summed E-state index contributed by atoms with van der Waals surface area (Å²) in [6.07, 6.45) is 2.13. The molecule has 1 saturated heterocycles. The standard InChI is InChI=1S/C16H22BrN3O3S/c1-12(16(21)18-13-6-7-13)19-8-10-20(11-9-19)24(22,23)15-5-3-2-4-14(15)17/h2-5,12-13H,6-11H2,1H3,(H,18,21)/t12-/m0/s1. The number of nitrogens with one attached hydrogen (secondary N) is 1. The Bertz CT molecular complexity index is 713. The maximum absolute atomic E-state index is 12.8. The van der Waals surface area contributed by atoms with Gasteiger partial charge in [0.2, 0.25) is 15.9 Å². The second kappa shape index (κ2) is 7.11. The minimum atomic E-state index is -3.51. The number of rotatable bonds is 5. The zero-order valence-electron chi connectivity index (χ0n) is 13.6. The summed E-state index contributed by atoms with van der Waals surface area (Å²) in [7, 11) is -3.51. The molecule has 24 heavy (non-hydrogen) atoms. The molecule has 1 amide bonds. The highest BCUT2D eigenvalue weighted by molar-refractivity contribution is 9.10. The van der Waals surface area contributed by atoms with Gasteiger partial charge in [-0.3, -0.25) is 9.69 Å². The van der Waals surface area contributed by atoms with Gasteiger partial charge in [0.05, 0.1) is 10.9 Å². The molecule has 1 N–H and O–H groups in total. The maximum Gasteiger partial charge on any atom is 0.244 e. The van der Waals surface area contributed by atoms with Crippen molar-refractivity contribution in [2.45, 2.75) is 36.7 Å². The van der Waals surface area contributed by atoms with E-state index in [-0.39, 0.29) is 16.8 Å². The predicted octanol–water partition coefficient (Wildman–Crippen LogP) is 1.42. The zero-order chi connectivity index (χ0) is 17.3. The Hall–Kier alpha value is -0.960. The number of carbonyl (C=O) groups is 1. The first-order valence-electron chi connectivity index (χ1n) is 8.18. The van der Waals surface area contributed by atoms with Gasteiger partial charge in [0.15, 0.2) is 0 Å². The van der Waals surface area contributed by atoms with Crippen molar-refractivity contribution in [1.29, 1.82) is 0 Å². The second-order valence-corrected chi connectivity index (χ2v) is 9.09. The van der Waals surface area contributed by atoms with E-state index >= 15 is 0 Å². The van der Waals surface area contributed by atoms with E-state index in [2.05, 4.69) is 21.2 Å². The Balaban J connectivity index is 1.62. The van der Waals surface area contributed by atoms with Gasteiger partial charge in [0, 0.05) is 36.7 Å². The molecule has 1 aliphatic heterocycles. The smallest absolute Gasteiger partial charge is 0.244 e. The summed E-state index contributed by atoms with van der Waals surface area (Å²) >= 11 is 3.31. The SMILES string of the molecule is C[C@@H](C(=O)NC1CC1)N1CCN(S(=O)(=O)c2ccccc2Br)CC1. The number of halogens is 1. The molecule has 0 radical (unpaired) electrons. The van der Waals surface area contributed by atoms with E-state index in [0.717, 1.165) is 12.8 Å². The van der Waals surface area contributed by atoms with E-state index in [1.807, 2.05) is 11.8 Å². The second-order valence-electron chi connectivity index (χ2n) is 6.33. The zero-order valence-corrected chi connectivity index (χ0v) is 16.0. The average molecular weight is 416 g/mol. The van der Waals surface area contributed by atoms with Crippen LogP contribution in [0.4, 0.5) is 0 Å². The maximum atomic E-state index is 12.8. The van der Waals surface area contributed by atoms with Crippen molar-refractivity contribution in [3.05, 3.63) is 28.7 Å². The molecule has 1 saturated carbocycles. The highest BCUT2D eigenvalue weighted by atomic mass is 79.9. The third kappa shape index (κ3) is 3.82. The number of carbonyl (C=O) groups excluding carboxylic acids is 1. The lowest BCUT2D eigenvalue weighted by Gasteiger charge is -2.36. The Morgan fingerprint density at radius 1 is 1.21 bits per heavy atom. The number of piperazine rings is 1. The van der Waals surface area contributed by atoms with E-state index in [0.29, 0.717) is 36.7 Å². The van der Waals surface area contributed by atoms with Crippen LogP contribution in [-0.4, -0.2) is 61.8 Å². The molecule has 132 valence electrons. The van der Waals surface area contributed by atoms with Gasteiger partial charge in [0.25, 0.3) is 0 Å². The Morgan fingerprint density at radius 2 is 1.83 bits per heavy atom. The Labute approximate surface area is 151 Å². The Kier molecular flexibility index (Phi) is 5.29. The molecular weight excluding hydrogens is 394 g/mol. The summed E-state index contributed by atoms with van der Waals surface area (Å²) in [6, 6.07) is 6.97. The first kappa shape index (κ1) is 17.8. The van der Waals surface area contributed by atoms with Crippen LogP contribution in [0.25, 0.3) is 0 Å². The third-order valence-electron chi connectivity index (χ3n) is 4.58. The molecule has 0 unspecified atom stereocenters. The number of hydrogen-bond donors (Lipinski definition) is 1. The normalized spacial score (nSPS) is 21.4. The van der Waals surface area contributed by atoms with Crippen LogP contribution in [0.3, 0.4) is 0 Å². The van der Waals surface area contributed by atoms with E-state index in [9.17, 15) is 13.2 Å². The minimum absolute atomic E-state index is 0.0413. The molecule has 1 atom stereocenters. The fourth-order valence-corrected chi connectivity index (χ4v) is 5.23. The summed E-state index contributed by atoms with van der Waals surface area (Å²) in [4.78, 5) is 14.5. The summed E-state index contributed by atoms with van der Waals surface area (Å²) < 4.78 is 27.6. The van der Waals surface area contributed by atoms with E-state index in [1.165, 1.54) is 4.31 Å². The monoisotopic (exact) mass is 415 g/mol. The van der Waals surface area contributed by atoms with Crippen molar-refractivity contribution in [3.8, 4) is 0 Å². The van der Waals surface area contributed by atoms with Crippen LogP contribution in [0.2, 0.25) is 0 Å². The van der Waals surface area contributed by atoms with Crippen molar-refractivity contribution in [2.75, 3.05) is 26.2 Å². The minimum Gasteiger partial charge on any atom is -0.352 e. The molecular formula is C16H22BrN3O3S. The van der Waals surface area contributed by atoms with Crippen molar-refractivity contribution in [1.82, 2.24) is 14.5 Å². The molecule has 0 aromatic heterocycles. The number of hydrogen-bond acceptors (Lipinski definition) is 4. The van der Waals surface area contributed by atoms with Gasteiger partial charge < -0.3 is 5.32 Å². The molecule has 1 heterocycles. The van der Waals surface area contributed by atoms with E-state index in [4.69, 9.17) is 0 Å². The van der Waals surface area contributed by atoms with Gasteiger partial charge in [-0.1, -0.05) is 12.1 Å². The molecule has 0 spiro atoms. The molecule has 1 aromatic carbocycles. The Morgan fingerprint density at radius 3 is 2.42 bits per heavy atom. The van der Waals surface area contributed by atoms with Gasteiger partial charge in [-0.2, -0.15) is 4.31 Å². The number of nitrogens with zero attached hydrogens (tertiary/aromatic N) is 2. The highest BCUT2D eigenvalue weighted by Gasteiger charge is 2.33. The lowest BCUT2D eigenvalue weighted by Crippen LogP contribution is -2.55. The van der Waals surface area contributed by atoms with Crippen LogP contribution in [0.1, 0.15) is 19.8 Å². The average Bonchev–Trinajstić information content (AvgIpc) is 3.38. The van der Waals surface area contributed by atoms with Gasteiger partial charge in [-0.15, -0.1) is 0 Å². The largest absolute Gasteiger partial charge is 0.352 e. The number of amides is 1. The van der Waals surface area contributed by atoms with Crippen molar-refractivity contribution in [3.63, 3.8) is 0 Å². The molecule has 6 nitrogen and oxygen atoms in total. The van der Waals surface area contributed by atoms with Crippen LogP contribution in [0.5, 0.6) is 0 Å². The van der Waals surface area contributed by atoms with Crippen LogP contribution < -0.4 is 5.32 Å². The third-order valence-corrected chi connectivity index (χ3v) is 7.49. The van der Waals surface area contributed by atoms with Crippen molar-refractivity contribution >= 4 is 31.9 Å². The summed E-state index contributed by atoms with van der Waals surface area (Å²) in [6.45, 7) is 3.79. The summed E-state index contributed by atoms with van der Waals surface area (Å²) in [5.41, 5.74) is 0. The van der Waals surface area contributed by atoms with Gasteiger partial charge >= 0.3 is 0 Å². The first-order chi connectivity index (χ1) is 11.4. The molecule has 2 aliphatic rings. The van der Waals surface area contributed by atoms with Crippen LogP contribution in [0, 0.1) is 0 Å². The lowest BCUT2D eigenvalue weighted by atomic mass is 10.2. The molecule has 1 aromatic rings. The topological polar surface area (TPSA) is 69.7 Å². The van der Waals surface area contributed by atoms with Crippen LogP contribution >= 0.6 is 15.9 Å².